The number of imidazole rings is 1. The molecule has 3 aromatic rings. The van der Waals surface area contributed by atoms with Crippen LogP contribution in [0.5, 0.6) is 0 Å². The van der Waals surface area contributed by atoms with Gasteiger partial charge in [0, 0.05) is 6.54 Å². The predicted molar refractivity (Wildman–Crippen MR) is 122 cm³/mol. The monoisotopic (exact) mass is 374 g/mol. The standard InChI is InChI=1S/C26H34N2/c1-2-3-4-5-6-7-8-9-15-22-28-25-19-14-13-18-24(25)27-26(28)21-20-23-16-11-10-12-17-23/h10-14,16-21H,2-9,15,22H2,1H3/b21-20+. The van der Waals surface area contributed by atoms with E-state index in [9.17, 15) is 0 Å². The Labute approximate surface area is 170 Å². The average molecular weight is 375 g/mol. The third-order valence-electron chi connectivity index (χ3n) is 5.39. The molecule has 0 unspecified atom stereocenters. The Balaban J connectivity index is 1.56. The van der Waals surface area contributed by atoms with E-state index in [1.165, 1.54) is 68.9 Å². The molecule has 0 aliphatic rings. The highest BCUT2D eigenvalue weighted by Crippen LogP contribution is 2.19. The number of nitrogens with zero attached hydrogens (tertiary/aromatic N) is 2. The number of unbranched alkanes of at least 4 members (excludes halogenated alkanes) is 8. The SMILES string of the molecule is CCCCCCCCCCCn1c(/C=C/c2ccccc2)nc2ccccc21. The Morgan fingerprint density at radius 1 is 0.714 bits per heavy atom. The molecule has 0 saturated heterocycles. The van der Waals surface area contributed by atoms with Crippen molar-refractivity contribution in [3.8, 4) is 0 Å². The van der Waals surface area contributed by atoms with Gasteiger partial charge in [-0.1, -0.05) is 107 Å². The fourth-order valence-corrected chi connectivity index (χ4v) is 3.77. The highest BCUT2D eigenvalue weighted by Gasteiger charge is 2.07. The molecule has 0 amide bonds. The van der Waals surface area contributed by atoms with Crippen LogP contribution in [0.2, 0.25) is 0 Å². The van der Waals surface area contributed by atoms with Crippen LogP contribution in [0.1, 0.15) is 76.1 Å². The van der Waals surface area contributed by atoms with Gasteiger partial charge in [-0.15, -0.1) is 0 Å². The molecule has 1 heterocycles. The van der Waals surface area contributed by atoms with Crippen molar-refractivity contribution in [2.75, 3.05) is 0 Å². The van der Waals surface area contributed by atoms with Crippen LogP contribution in [0, 0.1) is 0 Å². The normalized spacial score (nSPS) is 11.6. The Morgan fingerprint density at radius 2 is 1.36 bits per heavy atom. The van der Waals surface area contributed by atoms with Crippen molar-refractivity contribution in [3.63, 3.8) is 0 Å². The second-order valence-corrected chi connectivity index (χ2v) is 7.68. The van der Waals surface area contributed by atoms with Gasteiger partial charge in [-0.05, 0) is 30.2 Å². The van der Waals surface area contributed by atoms with Crippen LogP contribution in [0.4, 0.5) is 0 Å². The first-order valence-corrected chi connectivity index (χ1v) is 11.1. The molecule has 0 aliphatic heterocycles. The van der Waals surface area contributed by atoms with Gasteiger partial charge in [0.2, 0.25) is 0 Å². The lowest BCUT2D eigenvalue weighted by atomic mass is 10.1. The molecule has 0 atom stereocenters. The Bertz CT molecular complexity index is 845. The zero-order chi connectivity index (χ0) is 19.4. The van der Waals surface area contributed by atoms with Gasteiger partial charge in [-0.2, -0.15) is 0 Å². The summed E-state index contributed by atoms with van der Waals surface area (Å²) in [6, 6.07) is 18.9. The van der Waals surface area contributed by atoms with Crippen LogP contribution >= 0.6 is 0 Å². The average Bonchev–Trinajstić information content (AvgIpc) is 3.09. The molecule has 2 nitrogen and oxygen atoms in total. The van der Waals surface area contributed by atoms with Crippen LogP contribution in [0.15, 0.2) is 54.6 Å². The third-order valence-corrected chi connectivity index (χ3v) is 5.39. The number of hydrogen-bond acceptors (Lipinski definition) is 1. The second-order valence-electron chi connectivity index (χ2n) is 7.68. The summed E-state index contributed by atoms with van der Waals surface area (Å²) in [5.41, 5.74) is 3.55. The molecule has 0 aliphatic carbocycles. The number of hydrogen-bond donors (Lipinski definition) is 0. The van der Waals surface area contributed by atoms with Gasteiger partial charge >= 0.3 is 0 Å². The highest BCUT2D eigenvalue weighted by atomic mass is 15.1. The van der Waals surface area contributed by atoms with Crippen LogP contribution in [0.3, 0.4) is 0 Å². The maximum Gasteiger partial charge on any atom is 0.133 e. The Kier molecular flexibility index (Phi) is 8.36. The largest absolute Gasteiger partial charge is 0.324 e. The van der Waals surface area contributed by atoms with Crippen LogP contribution in [-0.2, 0) is 6.54 Å². The summed E-state index contributed by atoms with van der Waals surface area (Å²) < 4.78 is 2.38. The van der Waals surface area contributed by atoms with Crippen molar-refractivity contribution in [1.82, 2.24) is 9.55 Å². The summed E-state index contributed by atoms with van der Waals surface area (Å²) in [4.78, 5) is 4.86. The van der Waals surface area contributed by atoms with Gasteiger partial charge in [-0.3, -0.25) is 0 Å². The molecule has 0 spiro atoms. The molecule has 0 N–H and O–H groups in total. The molecule has 0 bridgehead atoms. The fraction of sp³-hybridized carbons (Fsp3) is 0.423. The van der Waals surface area contributed by atoms with E-state index in [0.717, 1.165) is 17.9 Å². The van der Waals surface area contributed by atoms with E-state index in [2.05, 4.69) is 78.2 Å². The Morgan fingerprint density at radius 3 is 2.11 bits per heavy atom. The van der Waals surface area contributed by atoms with E-state index in [0.29, 0.717) is 0 Å². The number of fused-ring (bicyclic) bond motifs is 1. The molecule has 148 valence electrons. The highest BCUT2D eigenvalue weighted by molar-refractivity contribution is 5.79. The van der Waals surface area contributed by atoms with Crippen LogP contribution < -0.4 is 0 Å². The first-order chi connectivity index (χ1) is 13.9. The van der Waals surface area contributed by atoms with Crippen LogP contribution in [-0.4, -0.2) is 9.55 Å². The quantitative estimate of drug-likeness (QED) is 0.296. The molecule has 0 fully saturated rings. The van der Waals surface area contributed by atoms with Gasteiger partial charge in [0.1, 0.15) is 5.82 Å². The number of para-hydroxylation sites is 2. The van der Waals surface area contributed by atoms with Crippen molar-refractivity contribution in [2.45, 2.75) is 71.3 Å². The van der Waals surface area contributed by atoms with E-state index >= 15 is 0 Å². The van der Waals surface area contributed by atoms with Gasteiger partial charge in [0.25, 0.3) is 0 Å². The third kappa shape index (κ3) is 6.09. The molecule has 3 rings (SSSR count). The smallest absolute Gasteiger partial charge is 0.133 e. The second kappa shape index (κ2) is 11.5. The van der Waals surface area contributed by atoms with Crippen molar-refractivity contribution in [1.29, 1.82) is 0 Å². The van der Waals surface area contributed by atoms with E-state index in [-0.39, 0.29) is 0 Å². The molecule has 28 heavy (non-hydrogen) atoms. The molecule has 1 aromatic heterocycles. The Hall–Kier alpha value is -2.35. The maximum absolute atomic E-state index is 4.86. The summed E-state index contributed by atoms with van der Waals surface area (Å²) in [5.74, 6) is 1.06. The van der Waals surface area contributed by atoms with Gasteiger partial charge in [0.05, 0.1) is 11.0 Å². The number of aromatic nitrogens is 2. The zero-order valence-electron chi connectivity index (χ0n) is 17.3. The minimum Gasteiger partial charge on any atom is -0.324 e. The van der Waals surface area contributed by atoms with Gasteiger partial charge < -0.3 is 4.57 Å². The van der Waals surface area contributed by atoms with E-state index < -0.39 is 0 Å². The first kappa shape index (κ1) is 20.4. The zero-order valence-corrected chi connectivity index (χ0v) is 17.3. The van der Waals surface area contributed by atoms with Crippen molar-refractivity contribution >= 4 is 23.2 Å². The summed E-state index contributed by atoms with van der Waals surface area (Å²) in [6.45, 7) is 3.33. The fourth-order valence-electron chi connectivity index (χ4n) is 3.77. The van der Waals surface area contributed by atoms with Gasteiger partial charge in [-0.25, -0.2) is 4.98 Å². The van der Waals surface area contributed by atoms with Gasteiger partial charge in [0.15, 0.2) is 0 Å². The van der Waals surface area contributed by atoms with Crippen LogP contribution in [0.25, 0.3) is 23.2 Å². The lowest BCUT2D eigenvalue weighted by Gasteiger charge is -2.07. The van der Waals surface area contributed by atoms with E-state index in [1.54, 1.807) is 0 Å². The molecule has 0 radical (unpaired) electrons. The molecule has 2 aromatic carbocycles. The minimum absolute atomic E-state index is 1.05. The molecule has 0 saturated carbocycles. The lowest BCUT2D eigenvalue weighted by Crippen LogP contribution is -2.00. The topological polar surface area (TPSA) is 17.8 Å². The van der Waals surface area contributed by atoms with Crippen molar-refractivity contribution < 1.29 is 0 Å². The number of benzene rings is 2. The van der Waals surface area contributed by atoms with E-state index in [1.807, 2.05) is 0 Å². The predicted octanol–water partition coefficient (Wildman–Crippen LogP) is 7.74. The maximum atomic E-state index is 4.86. The summed E-state index contributed by atoms with van der Waals surface area (Å²) in [7, 11) is 0. The van der Waals surface area contributed by atoms with Crippen molar-refractivity contribution in [2.24, 2.45) is 0 Å². The molecular formula is C26H34N2. The molecular weight excluding hydrogens is 340 g/mol. The number of rotatable bonds is 12. The van der Waals surface area contributed by atoms with E-state index in [4.69, 9.17) is 4.98 Å². The lowest BCUT2D eigenvalue weighted by molar-refractivity contribution is 0.541. The summed E-state index contributed by atoms with van der Waals surface area (Å²) in [6.07, 6.45) is 16.5. The molecule has 2 heteroatoms. The minimum atomic E-state index is 1.05. The summed E-state index contributed by atoms with van der Waals surface area (Å²) >= 11 is 0. The number of aryl methyl sites for hydroxylation is 1. The first-order valence-electron chi connectivity index (χ1n) is 11.1. The summed E-state index contributed by atoms with van der Waals surface area (Å²) in [5, 5.41) is 0. The van der Waals surface area contributed by atoms with Crippen molar-refractivity contribution in [3.05, 3.63) is 66.0 Å².